The van der Waals surface area contributed by atoms with Gasteiger partial charge >= 0.3 is 5.97 Å². The summed E-state index contributed by atoms with van der Waals surface area (Å²) in [5.74, 6) is 0.864. The number of benzene rings is 3. The van der Waals surface area contributed by atoms with Gasteiger partial charge in [0.05, 0.1) is 36.9 Å². The molecule has 1 aliphatic heterocycles. The molecule has 0 unspecified atom stereocenters. The zero-order valence-electron chi connectivity index (χ0n) is 32.5. The fourth-order valence-corrected chi connectivity index (χ4v) is 11.9. The molecule has 1 heterocycles. The average molecular weight is 741 g/mol. The van der Waals surface area contributed by atoms with E-state index in [0.29, 0.717) is 11.1 Å². The fraction of sp³-hybridized carbons (Fsp3) is 0.442. The van der Waals surface area contributed by atoms with Crippen LogP contribution in [0, 0.1) is 18.3 Å². The van der Waals surface area contributed by atoms with E-state index in [-0.39, 0.29) is 29.4 Å². The molecule has 0 aromatic heterocycles. The van der Waals surface area contributed by atoms with Crippen LogP contribution in [0.3, 0.4) is 0 Å². The zero-order chi connectivity index (χ0) is 38.3. The van der Waals surface area contributed by atoms with Crippen LogP contribution in [0.4, 0.5) is 0 Å². The number of carbonyl (C=O) groups is 2. The van der Waals surface area contributed by atoms with Gasteiger partial charge in [0.2, 0.25) is 0 Å². The molecule has 1 aliphatic rings. The van der Waals surface area contributed by atoms with Crippen molar-refractivity contribution in [3.05, 3.63) is 108 Å². The van der Waals surface area contributed by atoms with Gasteiger partial charge in [0, 0.05) is 5.57 Å². The highest BCUT2D eigenvalue weighted by atomic mass is 28.4. The molecule has 52 heavy (non-hydrogen) atoms. The number of ether oxygens (including phenoxy) is 3. The topological polar surface area (TPSA) is 80.3 Å². The highest BCUT2D eigenvalue weighted by molar-refractivity contribution is 6.99. The lowest BCUT2D eigenvalue weighted by Crippen LogP contribution is -2.67. The third kappa shape index (κ3) is 9.48. The van der Waals surface area contributed by atoms with Crippen LogP contribution in [0.15, 0.2) is 103 Å². The van der Waals surface area contributed by atoms with Gasteiger partial charge in [-0.3, -0.25) is 4.79 Å². The molecule has 4 atom stereocenters. The molecule has 0 fully saturated rings. The predicted octanol–water partition coefficient (Wildman–Crippen LogP) is 7.71. The second-order valence-corrected chi connectivity index (χ2v) is 25.3. The van der Waals surface area contributed by atoms with Gasteiger partial charge in [-0.1, -0.05) is 126 Å². The second kappa shape index (κ2) is 17.0. The molecule has 0 amide bonds. The maximum Gasteiger partial charge on any atom is 0.338 e. The largest absolute Gasteiger partial charge is 0.450 e. The molecule has 0 N–H and O–H groups in total. The van der Waals surface area contributed by atoms with Gasteiger partial charge in [0.1, 0.15) is 0 Å². The third-order valence-corrected chi connectivity index (χ3v) is 19.6. The molecule has 0 spiro atoms. The summed E-state index contributed by atoms with van der Waals surface area (Å²) >= 11 is 0. The average Bonchev–Trinajstić information content (AvgIpc) is 3.09. The van der Waals surface area contributed by atoms with Crippen LogP contribution < -0.4 is 10.4 Å². The van der Waals surface area contributed by atoms with Crippen molar-refractivity contribution >= 4 is 38.8 Å². The molecular formula is C43H56O7Si2. The number of carbonyl (C=O) groups excluding carboxylic acids is 2. The Bertz CT molecular complexity index is 1660. The van der Waals surface area contributed by atoms with Crippen molar-refractivity contribution < 1.29 is 32.7 Å². The maximum absolute atomic E-state index is 14.9. The minimum atomic E-state index is -3.13. The summed E-state index contributed by atoms with van der Waals surface area (Å²) in [5.41, 5.74) is 0.761. The van der Waals surface area contributed by atoms with E-state index in [9.17, 15) is 9.59 Å². The molecule has 278 valence electrons. The summed E-state index contributed by atoms with van der Waals surface area (Å²) in [6.45, 7) is 20.9. The predicted molar refractivity (Wildman–Crippen MR) is 213 cm³/mol. The van der Waals surface area contributed by atoms with E-state index >= 15 is 0 Å². The van der Waals surface area contributed by atoms with Crippen LogP contribution in [0.25, 0.3) is 0 Å². The summed E-state index contributed by atoms with van der Waals surface area (Å²) in [6, 6.07) is 28.8. The van der Waals surface area contributed by atoms with Crippen molar-refractivity contribution in [3.63, 3.8) is 0 Å². The highest BCUT2D eigenvalue weighted by Crippen LogP contribution is 2.40. The van der Waals surface area contributed by atoms with Crippen LogP contribution in [0.5, 0.6) is 0 Å². The van der Waals surface area contributed by atoms with E-state index in [4.69, 9.17) is 29.5 Å². The Morgan fingerprint density at radius 1 is 0.808 bits per heavy atom. The van der Waals surface area contributed by atoms with E-state index < -0.39 is 52.8 Å². The molecule has 0 saturated carbocycles. The van der Waals surface area contributed by atoms with Gasteiger partial charge in [-0.15, -0.1) is 6.42 Å². The van der Waals surface area contributed by atoms with Crippen LogP contribution >= 0.6 is 0 Å². The number of Topliss-reactive ketones (excluding diaryl/α,β-unsaturated/α-hetero) is 1. The Morgan fingerprint density at radius 2 is 1.33 bits per heavy atom. The Kier molecular flexibility index (Phi) is 13.5. The quantitative estimate of drug-likeness (QED) is 0.0953. The van der Waals surface area contributed by atoms with Gasteiger partial charge in [-0.2, -0.15) is 0 Å². The van der Waals surface area contributed by atoms with Crippen molar-refractivity contribution in [2.75, 3.05) is 13.2 Å². The van der Waals surface area contributed by atoms with Gasteiger partial charge < -0.3 is 23.1 Å². The molecule has 3 aromatic carbocycles. The minimum Gasteiger partial charge on any atom is -0.450 e. The first-order chi connectivity index (χ1) is 24.4. The second-order valence-electron chi connectivity index (χ2n) is 16.2. The van der Waals surface area contributed by atoms with Gasteiger partial charge in [0.15, 0.2) is 26.5 Å². The molecule has 0 radical (unpaired) electrons. The van der Waals surface area contributed by atoms with Crippen LogP contribution in [-0.2, 0) is 27.9 Å². The van der Waals surface area contributed by atoms with Crippen LogP contribution in [-0.4, -0.2) is 66.2 Å². The van der Waals surface area contributed by atoms with Gasteiger partial charge in [0.25, 0.3) is 8.32 Å². The number of ketones is 1. The zero-order valence-corrected chi connectivity index (χ0v) is 34.5. The van der Waals surface area contributed by atoms with E-state index in [1.54, 1.807) is 30.3 Å². The molecule has 0 bridgehead atoms. The lowest BCUT2D eigenvalue weighted by molar-refractivity contribution is -0.193. The molecule has 7 nitrogen and oxygen atoms in total. The standard InChI is InChI=1S/C43H56O7Si2/c1-12-32-28-38(48-31(2)3)49-37(30-46-51(10,11)42(4,5)6)39(32)40(50-41(45)33-22-16-13-17-23-33)36(44)29-47-52(43(7,8)9,34-24-18-14-19-25-34)35-26-20-15-21-27-35/h1,13-28,31,37-40H,29-30H2,2-11H3/t37-,38+,39+,40-/m1/s1. The lowest BCUT2D eigenvalue weighted by Gasteiger charge is -2.44. The first-order valence-corrected chi connectivity index (χ1v) is 22.9. The first-order valence-electron chi connectivity index (χ1n) is 18.1. The highest BCUT2D eigenvalue weighted by Gasteiger charge is 2.52. The SMILES string of the molecule is C#CC1=C[C@@H](OC(C)C)O[C@H](CO[Si](C)(C)C(C)(C)C)[C@H]1[C@H](OC(=O)c1ccccc1)C(=O)CO[Si](c1ccccc1)(c1ccccc1)C(C)(C)C. The van der Waals surface area contributed by atoms with Gasteiger partial charge in [-0.25, -0.2) is 4.79 Å². The van der Waals surface area contributed by atoms with Crippen molar-refractivity contribution in [1.82, 2.24) is 0 Å². The first kappa shape index (κ1) is 41.1. The maximum atomic E-state index is 14.9. The minimum absolute atomic E-state index is 0.0889. The summed E-state index contributed by atoms with van der Waals surface area (Å²) < 4.78 is 32.6. The summed E-state index contributed by atoms with van der Waals surface area (Å²) in [6.07, 6.45) is 4.85. The van der Waals surface area contributed by atoms with Crippen molar-refractivity contribution in [1.29, 1.82) is 0 Å². The Balaban J connectivity index is 1.83. The number of terminal acetylenes is 1. The summed E-state index contributed by atoms with van der Waals surface area (Å²) in [4.78, 5) is 28.7. The van der Waals surface area contributed by atoms with Crippen molar-refractivity contribution in [2.45, 2.75) is 103 Å². The molecular weight excluding hydrogens is 685 g/mol. The molecule has 3 aromatic rings. The van der Waals surface area contributed by atoms with E-state index in [1.807, 2.05) is 56.3 Å². The number of hydrogen-bond acceptors (Lipinski definition) is 7. The summed E-state index contributed by atoms with van der Waals surface area (Å²) in [5, 5.41) is 1.58. The number of rotatable bonds is 14. The van der Waals surface area contributed by atoms with Crippen LogP contribution in [0.2, 0.25) is 23.2 Å². The normalized spacial score (nSPS) is 19.0. The van der Waals surface area contributed by atoms with Crippen LogP contribution in [0.1, 0.15) is 65.7 Å². The molecule has 0 saturated heterocycles. The summed E-state index contributed by atoms with van der Waals surface area (Å²) in [7, 11) is -5.42. The molecule has 4 rings (SSSR count). The Hall–Kier alpha value is -3.63. The van der Waals surface area contributed by atoms with Crippen molar-refractivity contribution in [3.8, 4) is 12.3 Å². The van der Waals surface area contributed by atoms with Crippen molar-refractivity contribution in [2.24, 2.45) is 5.92 Å². The monoisotopic (exact) mass is 740 g/mol. The number of hydrogen-bond donors (Lipinski definition) is 0. The van der Waals surface area contributed by atoms with Gasteiger partial charge in [-0.05, 0) is 65.6 Å². The van der Waals surface area contributed by atoms with E-state index in [2.05, 4.69) is 84.8 Å². The third-order valence-electron chi connectivity index (χ3n) is 10.1. The smallest absolute Gasteiger partial charge is 0.338 e. The van der Waals surface area contributed by atoms with E-state index in [0.717, 1.165) is 10.4 Å². The fourth-order valence-electron chi connectivity index (χ4n) is 6.37. The molecule has 0 aliphatic carbocycles. The Labute approximate surface area is 313 Å². The molecule has 9 heteroatoms. The number of esters is 1. The van der Waals surface area contributed by atoms with E-state index in [1.165, 1.54) is 0 Å². The lowest BCUT2D eigenvalue weighted by atomic mass is 9.84. The Morgan fingerprint density at radius 3 is 1.79 bits per heavy atom.